The van der Waals surface area contributed by atoms with Gasteiger partial charge in [-0.05, 0) is 42.8 Å². The number of hydrogen-bond donors (Lipinski definition) is 5. The number of benzene rings is 2. The molecular weight excluding hydrogens is 578 g/mol. The van der Waals surface area contributed by atoms with Gasteiger partial charge in [0.15, 0.2) is 21.7 Å². The second-order valence-corrected chi connectivity index (χ2v) is 10.5. The molecule has 0 atom stereocenters. The Morgan fingerprint density at radius 1 is 0.816 bits per heavy atom. The van der Waals surface area contributed by atoms with Crippen LogP contribution in [0.4, 0.5) is 26.3 Å². The van der Waals surface area contributed by atoms with E-state index in [0.717, 1.165) is 11.1 Å². The van der Waals surface area contributed by atoms with Crippen LogP contribution in [0.15, 0.2) is 57.2 Å². The Bertz CT molecular complexity index is 1770. The molecule has 0 aliphatic rings. The molecule has 200 valence electrons. The van der Waals surface area contributed by atoms with E-state index in [1.165, 1.54) is 6.07 Å². The maximum absolute atomic E-state index is 13.2. The van der Waals surface area contributed by atoms with Crippen molar-refractivity contribution in [2.24, 2.45) is 0 Å². The largest absolute Gasteiger partial charge is 0.433 e. The van der Waals surface area contributed by atoms with E-state index in [1.54, 1.807) is 0 Å². The zero-order chi connectivity index (χ0) is 27.2. The predicted molar refractivity (Wildman–Crippen MR) is 132 cm³/mol. The lowest BCUT2D eigenvalue weighted by Gasteiger charge is -2.13. The lowest BCUT2D eigenvalue weighted by molar-refractivity contribution is -0.143. The van der Waals surface area contributed by atoms with E-state index in [2.05, 4.69) is 30.1 Å². The first-order valence-electron chi connectivity index (χ1n) is 10.5. The molecule has 0 saturated carbocycles. The highest BCUT2D eigenvalue weighted by molar-refractivity contribution is 7.91. The topological polar surface area (TPSA) is 99.2 Å². The van der Waals surface area contributed by atoms with Gasteiger partial charge in [-0.15, -0.1) is 21.5 Å². The fourth-order valence-corrected chi connectivity index (χ4v) is 5.49. The summed E-state index contributed by atoms with van der Waals surface area (Å²) >= 11 is 7.06. The van der Waals surface area contributed by atoms with Gasteiger partial charge in [0, 0.05) is 11.6 Å². The molecule has 0 aliphatic carbocycles. The highest BCUT2D eigenvalue weighted by Crippen LogP contribution is 2.38. The van der Waals surface area contributed by atoms with Gasteiger partial charge in [-0.2, -0.15) is 26.3 Å². The number of aromatic amines is 3. The first kappa shape index (κ1) is 26.3. The number of oxazole rings is 1. The highest BCUT2D eigenvalue weighted by Gasteiger charge is 2.37. The number of alkyl halides is 6. The Morgan fingerprint density at radius 3 is 2.21 bits per heavy atom. The standard InChI is InChI=1S/C22H15ClF6N6OS2/c1-9-2-3-14-13(4-9)30-20(36-14)38-18-31-15(23)8-16(32-18)37-19-33-17(34-35-19)10-5-11(21(24,25)26)7-12(6-10)22(27,28)29/h2-8,30,37-38H,1H3,(H,31,32)(H,33,34,35). The van der Waals surface area contributed by atoms with Crippen molar-refractivity contribution in [1.82, 2.24) is 30.1 Å². The van der Waals surface area contributed by atoms with Crippen molar-refractivity contribution in [3.63, 3.8) is 0 Å². The van der Waals surface area contributed by atoms with Gasteiger partial charge < -0.3 is 19.4 Å². The van der Waals surface area contributed by atoms with Gasteiger partial charge >= 0.3 is 12.4 Å². The van der Waals surface area contributed by atoms with Crippen LogP contribution in [-0.2, 0) is 12.4 Å². The van der Waals surface area contributed by atoms with Gasteiger partial charge in [-0.1, -0.05) is 29.0 Å². The number of rotatable bonds is 3. The molecule has 0 fully saturated rings. The third-order valence-corrected chi connectivity index (χ3v) is 6.98. The summed E-state index contributed by atoms with van der Waals surface area (Å²) < 4.78 is 85.5. The van der Waals surface area contributed by atoms with E-state index in [-0.39, 0.29) is 22.2 Å². The second-order valence-electron chi connectivity index (χ2n) is 7.96. The van der Waals surface area contributed by atoms with Gasteiger partial charge in [0.1, 0.15) is 5.15 Å². The van der Waals surface area contributed by atoms with E-state index in [4.69, 9.17) is 16.0 Å². The van der Waals surface area contributed by atoms with Crippen molar-refractivity contribution in [2.45, 2.75) is 29.6 Å². The Labute approximate surface area is 220 Å². The molecule has 0 unspecified atom stereocenters. The Kier molecular flexibility index (Phi) is 6.77. The highest BCUT2D eigenvalue weighted by atomic mass is 35.5. The molecule has 38 heavy (non-hydrogen) atoms. The molecule has 3 aromatic heterocycles. The molecular formula is C22H15ClF6N6OS2. The van der Waals surface area contributed by atoms with Gasteiger partial charge in [-0.3, -0.25) is 0 Å². The number of nitrogens with zero attached hydrogens (tertiary/aromatic N) is 3. The lowest BCUT2D eigenvalue weighted by Crippen LogP contribution is -2.11. The SMILES string of the molecule is Cc1ccc2oc(=[SH]c3nc(Cl)cc(=[SH]c4nnc(-c5cc(C(F)(F)F)cc(C(F)(F)F)c5)[nH]4)[nH]3)[nH]c2c1. The summed E-state index contributed by atoms with van der Waals surface area (Å²) in [5.74, 6) is -0.255. The van der Waals surface area contributed by atoms with Crippen LogP contribution in [0, 0.1) is 16.4 Å². The van der Waals surface area contributed by atoms with Crippen molar-refractivity contribution < 1.29 is 30.8 Å². The minimum atomic E-state index is -4.98. The molecule has 0 aliphatic heterocycles. The smallest absolute Gasteiger partial charge is 0.416 e. The predicted octanol–water partition coefficient (Wildman–Crippen LogP) is 7.38. The number of halogens is 7. The molecule has 0 bridgehead atoms. The number of hydrogen-bond acceptors (Lipinski definition) is 4. The van der Waals surface area contributed by atoms with Crippen LogP contribution in [0.1, 0.15) is 16.7 Å². The molecule has 0 amide bonds. The normalized spacial score (nSPS) is 14.0. The van der Waals surface area contributed by atoms with Gasteiger partial charge in [-0.25, -0.2) is 4.98 Å². The van der Waals surface area contributed by atoms with E-state index in [1.807, 2.05) is 25.1 Å². The Morgan fingerprint density at radius 2 is 1.53 bits per heavy atom. The summed E-state index contributed by atoms with van der Waals surface area (Å²) in [5.41, 5.74) is -0.784. The first-order chi connectivity index (χ1) is 17.8. The third kappa shape index (κ3) is 5.89. The average molecular weight is 593 g/mol. The van der Waals surface area contributed by atoms with Crippen LogP contribution in [0.2, 0.25) is 5.15 Å². The molecule has 3 heterocycles. The fraction of sp³-hybridized carbons (Fsp3) is 0.136. The van der Waals surface area contributed by atoms with E-state index in [9.17, 15) is 26.3 Å². The van der Waals surface area contributed by atoms with Crippen LogP contribution < -0.4 is 0 Å². The minimum absolute atomic E-state index is 0.0499. The van der Waals surface area contributed by atoms with Crippen molar-refractivity contribution in [2.75, 3.05) is 0 Å². The average Bonchev–Trinajstić information content (AvgIpc) is 3.43. The maximum atomic E-state index is 13.2. The first-order valence-corrected chi connectivity index (χ1v) is 12.7. The van der Waals surface area contributed by atoms with E-state index >= 15 is 0 Å². The molecule has 3 N–H and O–H groups in total. The van der Waals surface area contributed by atoms with E-state index < -0.39 is 29.0 Å². The van der Waals surface area contributed by atoms with Crippen molar-refractivity contribution in [1.29, 1.82) is 0 Å². The van der Waals surface area contributed by atoms with Crippen molar-refractivity contribution in [3.05, 3.63) is 73.8 Å². The second kappa shape index (κ2) is 9.78. The van der Waals surface area contributed by atoms with E-state index in [0.29, 0.717) is 55.1 Å². The Balaban J connectivity index is 1.52. The lowest BCUT2D eigenvalue weighted by atomic mass is 10.0. The number of aromatic nitrogens is 6. The molecule has 7 nitrogen and oxygen atoms in total. The van der Waals surface area contributed by atoms with Crippen LogP contribution >= 0.6 is 34.3 Å². The number of H-pyrrole nitrogens is 3. The molecule has 16 heteroatoms. The van der Waals surface area contributed by atoms with Gasteiger partial charge in [0.2, 0.25) is 4.84 Å². The number of aryl methyl sites for hydroxylation is 1. The Hall–Kier alpha value is -3.30. The van der Waals surface area contributed by atoms with Crippen molar-refractivity contribution in [3.8, 4) is 11.4 Å². The summed E-state index contributed by atoms with van der Waals surface area (Å²) in [4.78, 5) is 13.6. The molecule has 0 radical (unpaired) electrons. The third-order valence-electron chi connectivity index (χ3n) is 5.06. The zero-order valence-electron chi connectivity index (χ0n) is 18.8. The number of thiol groups is 2. The maximum Gasteiger partial charge on any atom is 0.416 e. The van der Waals surface area contributed by atoms with Gasteiger partial charge in [0.05, 0.1) is 21.3 Å². The molecule has 5 rings (SSSR count). The molecule has 0 saturated heterocycles. The van der Waals surface area contributed by atoms with Crippen molar-refractivity contribution >= 4 is 45.4 Å². The number of nitrogens with one attached hydrogen (secondary N) is 3. The minimum Gasteiger partial charge on any atom is -0.433 e. The van der Waals surface area contributed by atoms with Crippen LogP contribution in [0.3, 0.4) is 0 Å². The zero-order valence-corrected chi connectivity index (χ0v) is 21.4. The van der Waals surface area contributed by atoms with Crippen LogP contribution in [-0.4, -0.2) is 30.1 Å². The summed E-state index contributed by atoms with van der Waals surface area (Å²) in [6.45, 7) is 1.95. The summed E-state index contributed by atoms with van der Waals surface area (Å²) in [6.07, 6.45) is -9.96. The number of fused-ring (bicyclic) bond motifs is 1. The molecule has 2 aromatic carbocycles. The summed E-state index contributed by atoms with van der Waals surface area (Å²) in [5, 5.41) is 8.32. The van der Waals surface area contributed by atoms with Crippen LogP contribution in [0.25, 0.3) is 22.5 Å². The quantitative estimate of drug-likeness (QED) is 0.0496. The van der Waals surface area contributed by atoms with Gasteiger partial charge in [0.25, 0.3) is 0 Å². The summed E-state index contributed by atoms with van der Waals surface area (Å²) in [7, 11) is 0. The summed E-state index contributed by atoms with van der Waals surface area (Å²) in [6, 6.07) is 8.39. The van der Waals surface area contributed by atoms with Crippen LogP contribution in [0.5, 0.6) is 0 Å². The fourth-order valence-electron chi connectivity index (χ4n) is 3.40. The molecule has 5 aromatic rings. The molecule has 0 spiro atoms. The monoisotopic (exact) mass is 592 g/mol.